The van der Waals surface area contributed by atoms with Crippen LogP contribution in [-0.4, -0.2) is 24.0 Å². The van der Waals surface area contributed by atoms with Gasteiger partial charge in [0.15, 0.2) is 6.61 Å². The number of rotatable bonds is 3. The van der Waals surface area contributed by atoms with Crippen LogP contribution in [0, 0.1) is 11.3 Å². The average Bonchev–Trinajstić information content (AvgIpc) is 3.00. The van der Waals surface area contributed by atoms with E-state index in [0.717, 1.165) is 11.3 Å². The topological polar surface area (TPSA) is 66.2 Å². The number of hydrogen-bond acceptors (Lipinski definition) is 5. The number of hydrogen-bond donors (Lipinski definition) is 0. The molecule has 2 heterocycles. The zero-order valence-corrected chi connectivity index (χ0v) is 11.4. The van der Waals surface area contributed by atoms with E-state index in [-0.39, 0.29) is 12.5 Å². The summed E-state index contributed by atoms with van der Waals surface area (Å²) in [5.74, 6) is 0.546. The minimum absolute atomic E-state index is 0.0223. The highest BCUT2D eigenvalue weighted by atomic mass is 32.1. The van der Waals surface area contributed by atoms with Crippen molar-refractivity contribution in [3.63, 3.8) is 0 Å². The van der Waals surface area contributed by atoms with Crippen LogP contribution >= 0.6 is 11.3 Å². The number of carbonyl (C=O) groups excluding carboxylic acids is 1. The van der Waals surface area contributed by atoms with Crippen LogP contribution in [0.4, 0.5) is 5.69 Å². The first-order valence-corrected chi connectivity index (χ1v) is 7.06. The predicted molar refractivity (Wildman–Crippen MR) is 75.6 cm³/mol. The lowest BCUT2D eigenvalue weighted by Gasteiger charge is -2.29. The number of nitriles is 1. The maximum atomic E-state index is 11.9. The van der Waals surface area contributed by atoms with Crippen molar-refractivity contribution in [1.29, 1.82) is 5.26 Å². The number of nitrogens with zero attached hydrogens (tertiary/aromatic N) is 3. The van der Waals surface area contributed by atoms with Gasteiger partial charge >= 0.3 is 0 Å². The van der Waals surface area contributed by atoms with Crippen molar-refractivity contribution in [2.75, 3.05) is 18.1 Å². The monoisotopic (exact) mass is 285 g/mol. The largest absolute Gasteiger partial charge is 0.482 e. The summed E-state index contributed by atoms with van der Waals surface area (Å²) in [6.45, 7) is 0.403. The van der Waals surface area contributed by atoms with E-state index in [0.29, 0.717) is 24.4 Å². The van der Waals surface area contributed by atoms with Crippen molar-refractivity contribution in [2.45, 2.75) is 6.42 Å². The van der Waals surface area contributed by atoms with Gasteiger partial charge in [0.2, 0.25) is 0 Å². The Balaban J connectivity index is 2.01. The lowest BCUT2D eigenvalue weighted by Crippen LogP contribution is -2.39. The quantitative estimate of drug-likeness (QED) is 0.868. The molecule has 20 heavy (non-hydrogen) atoms. The molecule has 3 rings (SSSR count). The molecule has 1 aliphatic heterocycles. The van der Waals surface area contributed by atoms with E-state index in [1.54, 1.807) is 10.4 Å². The molecule has 0 saturated carbocycles. The van der Waals surface area contributed by atoms with E-state index < -0.39 is 0 Å². The van der Waals surface area contributed by atoms with Crippen molar-refractivity contribution in [3.05, 3.63) is 29.1 Å². The van der Waals surface area contributed by atoms with E-state index in [1.807, 2.05) is 23.6 Å². The van der Waals surface area contributed by atoms with Gasteiger partial charge in [-0.1, -0.05) is 0 Å². The summed E-state index contributed by atoms with van der Waals surface area (Å²) in [4.78, 5) is 17.8. The van der Waals surface area contributed by atoms with Crippen LogP contribution < -0.4 is 9.64 Å². The van der Waals surface area contributed by atoms with Crippen molar-refractivity contribution in [2.24, 2.45) is 0 Å². The zero-order chi connectivity index (χ0) is 13.9. The fourth-order valence-electron chi connectivity index (χ4n) is 2.12. The molecule has 0 spiro atoms. The third kappa shape index (κ3) is 2.24. The SMILES string of the molecule is N#CCCN1C(=O)COc2ccc(-c3cscn3)cc21. The molecule has 0 atom stereocenters. The minimum Gasteiger partial charge on any atom is -0.482 e. The number of aromatic nitrogens is 1. The number of ether oxygens (including phenoxy) is 1. The Kier molecular flexibility index (Phi) is 3.35. The van der Waals surface area contributed by atoms with Crippen LogP contribution in [0.15, 0.2) is 29.1 Å². The number of thiazole rings is 1. The molecule has 0 saturated heterocycles. The predicted octanol–water partition coefficient (Wildman–Crippen LogP) is 2.45. The van der Waals surface area contributed by atoms with Crippen LogP contribution in [0.2, 0.25) is 0 Å². The molecule has 1 aliphatic rings. The highest BCUT2D eigenvalue weighted by molar-refractivity contribution is 7.07. The molecule has 1 aromatic heterocycles. The molecular formula is C14H11N3O2S. The van der Waals surface area contributed by atoms with Gasteiger partial charge in [-0.2, -0.15) is 5.26 Å². The van der Waals surface area contributed by atoms with Crippen LogP contribution in [-0.2, 0) is 4.79 Å². The third-order valence-electron chi connectivity index (χ3n) is 3.08. The Morgan fingerprint density at radius 3 is 3.15 bits per heavy atom. The van der Waals surface area contributed by atoms with Gasteiger partial charge in [0.1, 0.15) is 5.75 Å². The van der Waals surface area contributed by atoms with E-state index in [4.69, 9.17) is 10.00 Å². The second kappa shape index (κ2) is 5.31. The first kappa shape index (κ1) is 12.6. The standard InChI is InChI=1S/C14H11N3O2S/c15-4-1-5-17-12-6-10(11-8-20-9-16-11)2-3-13(12)19-7-14(17)18/h2-3,6,8-9H,1,5,7H2. The van der Waals surface area contributed by atoms with Crippen molar-refractivity contribution in [3.8, 4) is 23.1 Å². The normalized spacial score (nSPS) is 13.6. The average molecular weight is 285 g/mol. The molecule has 2 aromatic rings. The number of carbonyl (C=O) groups is 1. The van der Waals surface area contributed by atoms with Gasteiger partial charge in [-0.25, -0.2) is 4.98 Å². The number of amides is 1. The molecule has 1 aromatic carbocycles. The maximum absolute atomic E-state index is 11.9. The molecule has 0 N–H and O–H groups in total. The summed E-state index contributed by atoms with van der Waals surface area (Å²) in [5, 5.41) is 10.7. The highest BCUT2D eigenvalue weighted by Gasteiger charge is 2.25. The van der Waals surface area contributed by atoms with E-state index in [1.165, 1.54) is 11.3 Å². The summed E-state index contributed by atoms with van der Waals surface area (Å²) in [6.07, 6.45) is 0.298. The van der Waals surface area contributed by atoms with Gasteiger partial charge in [-0.05, 0) is 18.2 Å². The van der Waals surface area contributed by atoms with Gasteiger partial charge < -0.3 is 9.64 Å². The van der Waals surface area contributed by atoms with Gasteiger partial charge in [0.05, 0.1) is 29.4 Å². The Morgan fingerprint density at radius 1 is 1.50 bits per heavy atom. The molecular weight excluding hydrogens is 274 g/mol. The van der Waals surface area contributed by atoms with Gasteiger partial charge in [-0.3, -0.25) is 4.79 Å². The molecule has 5 nitrogen and oxygen atoms in total. The van der Waals surface area contributed by atoms with Gasteiger partial charge in [0.25, 0.3) is 5.91 Å². The summed E-state index contributed by atoms with van der Waals surface area (Å²) in [7, 11) is 0. The van der Waals surface area contributed by atoms with Crippen LogP contribution in [0.25, 0.3) is 11.3 Å². The Bertz CT molecular complexity index is 676. The Hall–Kier alpha value is -2.39. The second-order valence-corrected chi connectivity index (χ2v) is 5.02. The van der Waals surface area contributed by atoms with E-state index in [9.17, 15) is 4.79 Å². The fraction of sp³-hybridized carbons (Fsp3) is 0.214. The maximum Gasteiger partial charge on any atom is 0.265 e. The molecule has 0 fully saturated rings. The molecule has 0 aliphatic carbocycles. The highest BCUT2D eigenvalue weighted by Crippen LogP contribution is 2.35. The van der Waals surface area contributed by atoms with Crippen LogP contribution in [0.5, 0.6) is 5.75 Å². The summed E-state index contributed by atoms with van der Waals surface area (Å²) in [5.41, 5.74) is 4.28. The van der Waals surface area contributed by atoms with E-state index in [2.05, 4.69) is 11.1 Å². The summed E-state index contributed by atoms with van der Waals surface area (Å²) < 4.78 is 5.43. The molecule has 100 valence electrons. The molecule has 1 amide bonds. The molecule has 0 radical (unpaired) electrons. The summed E-state index contributed by atoms with van der Waals surface area (Å²) >= 11 is 1.52. The second-order valence-electron chi connectivity index (χ2n) is 4.30. The number of fused-ring (bicyclic) bond motifs is 1. The molecule has 0 bridgehead atoms. The minimum atomic E-state index is -0.122. The van der Waals surface area contributed by atoms with Crippen LogP contribution in [0.3, 0.4) is 0 Å². The first-order chi connectivity index (χ1) is 9.79. The van der Waals surface area contributed by atoms with Crippen molar-refractivity contribution >= 4 is 22.9 Å². The molecule has 0 unspecified atom stereocenters. The Labute approximate surface area is 120 Å². The lowest BCUT2D eigenvalue weighted by molar-refractivity contribution is -0.121. The van der Waals surface area contributed by atoms with Gasteiger partial charge in [-0.15, -0.1) is 11.3 Å². The fourth-order valence-corrected chi connectivity index (χ4v) is 2.68. The number of benzene rings is 1. The number of anilines is 1. The third-order valence-corrected chi connectivity index (χ3v) is 3.66. The first-order valence-electron chi connectivity index (χ1n) is 6.12. The van der Waals surface area contributed by atoms with Crippen molar-refractivity contribution < 1.29 is 9.53 Å². The van der Waals surface area contributed by atoms with Crippen molar-refractivity contribution in [1.82, 2.24) is 4.98 Å². The summed E-state index contributed by atoms with van der Waals surface area (Å²) in [6, 6.07) is 7.72. The molecule has 6 heteroatoms. The lowest BCUT2D eigenvalue weighted by atomic mass is 10.1. The smallest absolute Gasteiger partial charge is 0.265 e. The zero-order valence-electron chi connectivity index (χ0n) is 10.6. The van der Waals surface area contributed by atoms with E-state index >= 15 is 0 Å². The van der Waals surface area contributed by atoms with Crippen LogP contribution in [0.1, 0.15) is 6.42 Å². The van der Waals surface area contributed by atoms with Gasteiger partial charge in [0, 0.05) is 17.5 Å². The Morgan fingerprint density at radius 2 is 2.40 bits per heavy atom.